The van der Waals surface area contributed by atoms with E-state index < -0.39 is 0 Å². The molecule has 0 aliphatic carbocycles. The molecule has 1 unspecified atom stereocenters. The van der Waals surface area contributed by atoms with Crippen LogP contribution in [0.1, 0.15) is 31.7 Å². The molecule has 110 valence electrons. The third-order valence-corrected chi connectivity index (χ3v) is 3.70. The maximum atomic E-state index is 12.6. The molecular weight excluding hydrogens is 252 g/mol. The van der Waals surface area contributed by atoms with E-state index in [0.29, 0.717) is 0 Å². The number of amides is 1. The topological polar surface area (TPSA) is 41.6 Å². The lowest BCUT2D eigenvalue weighted by atomic mass is 10.0. The number of hydrogen-bond acceptors (Lipinski definition) is 3. The van der Waals surface area contributed by atoms with Crippen molar-refractivity contribution >= 4 is 11.6 Å². The molecule has 1 atom stereocenters. The fourth-order valence-corrected chi connectivity index (χ4v) is 2.63. The van der Waals surface area contributed by atoms with Crippen molar-refractivity contribution in [3.05, 3.63) is 23.8 Å². The molecule has 4 heteroatoms. The van der Waals surface area contributed by atoms with Crippen LogP contribution in [-0.4, -0.2) is 32.1 Å². The second-order valence-electron chi connectivity index (χ2n) is 5.31. The van der Waals surface area contributed by atoms with Crippen LogP contribution in [0.15, 0.2) is 18.2 Å². The zero-order valence-corrected chi connectivity index (χ0v) is 12.6. The van der Waals surface area contributed by atoms with Crippen molar-refractivity contribution in [2.75, 3.05) is 25.1 Å². The van der Waals surface area contributed by atoms with Gasteiger partial charge in [0.2, 0.25) is 5.91 Å². The van der Waals surface area contributed by atoms with Crippen LogP contribution < -0.4 is 15.0 Å². The molecule has 0 bridgehead atoms. The largest absolute Gasteiger partial charge is 0.495 e. The molecule has 0 spiro atoms. The standard InChI is InChI=1S/C16H24N2O2/c1-4-9-17-13-6-5-10-18(16(13)19)14-11-12(2)7-8-15(14)20-3/h7-8,11,13,17H,4-6,9-10H2,1-3H3. The van der Waals surface area contributed by atoms with E-state index in [9.17, 15) is 4.79 Å². The van der Waals surface area contributed by atoms with Gasteiger partial charge in [-0.05, 0) is 50.4 Å². The molecule has 1 saturated heterocycles. The summed E-state index contributed by atoms with van der Waals surface area (Å²) in [6.07, 6.45) is 2.98. The first kappa shape index (κ1) is 14.9. The molecule has 1 aromatic rings. The average molecular weight is 276 g/mol. The highest BCUT2D eigenvalue weighted by molar-refractivity contribution is 5.99. The molecule has 20 heavy (non-hydrogen) atoms. The third kappa shape index (κ3) is 3.12. The van der Waals surface area contributed by atoms with E-state index in [1.54, 1.807) is 7.11 Å². The van der Waals surface area contributed by atoms with Gasteiger partial charge in [-0.25, -0.2) is 0 Å². The summed E-state index contributed by atoms with van der Waals surface area (Å²) in [5.74, 6) is 0.925. The lowest BCUT2D eigenvalue weighted by Gasteiger charge is -2.33. The summed E-state index contributed by atoms with van der Waals surface area (Å²) in [6.45, 7) is 5.80. The molecule has 1 aromatic carbocycles. The first-order chi connectivity index (χ1) is 9.67. The highest BCUT2D eigenvalue weighted by Gasteiger charge is 2.30. The van der Waals surface area contributed by atoms with Gasteiger partial charge in [0, 0.05) is 6.54 Å². The molecule has 1 aliphatic heterocycles. The van der Waals surface area contributed by atoms with Crippen LogP contribution in [0, 0.1) is 6.92 Å². The number of hydrogen-bond donors (Lipinski definition) is 1. The lowest BCUT2D eigenvalue weighted by Crippen LogP contribution is -2.51. The zero-order valence-electron chi connectivity index (χ0n) is 12.6. The molecule has 1 fully saturated rings. The summed E-state index contributed by atoms with van der Waals surface area (Å²) in [5, 5.41) is 3.34. The highest BCUT2D eigenvalue weighted by atomic mass is 16.5. The van der Waals surface area contributed by atoms with Crippen LogP contribution in [0.4, 0.5) is 5.69 Å². The van der Waals surface area contributed by atoms with Gasteiger partial charge in [-0.3, -0.25) is 4.79 Å². The van der Waals surface area contributed by atoms with Crippen molar-refractivity contribution in [1.82, 2.24) is 5.32 Å². The fraction of sp³-hybridized carbons (Fsp3) is 0.562. The number of methoxy groups -OCH3 is 1. The second kappa shape index (κ2) is 6.75. The lowest BCUT2D eigenvalue weighted by molar-refractivity contribution is -0.121. The average Bonchev–Trinajstić information content (AvgIpc) is 2.46. The van der Waals surface area contributed by atoms with Crippen LogP contribution in [-0.2, 0) is 4.79 Å². The fourth-order valence-electron chi connectivity index (χ4n) is 2.63. The minimum Gasteiger partial charge on any atom is -0.495 e. The Bertz CT molecular complexity index is 474. The Morgan fingerprint density at radius 2 is 2.25 bits per heavy atom. The number of nitrogens with one attached hydrogen (secondary N) is 1. The summed E-state index contributed by atoms with van der Waals surface area (Å²) < 4.78 is 5.40. The van der Waals surface area contributed by atoms with Gasteiger partial charge in [0.25, 0.3) is 0 Å². The SMILES string of the molecule is CCCNC1CCCN(c2cc(C)ccc2OC)C1=O. The normalized spacial score (nSPS) is 19.2. The molecule has 1 N–H and O–H groups in total. The van der Waals surface area contributed by atoms with Gasteiger partial charge in [-0.2, -0.15) is 0 Å². The molecule has 4 nitrogen and oxygen atoms in total. The van der Waals surface area contributed by atoms with Crippen molar-refractivity contribution < 1.29 is 9.53 Å². The minimum absolute atomic E-state index is 0.0612. The van der Waals surface area contributed by atoms with Crippen molar-refractivity contribution in [2.24, 2.45) is 0 Å². The van der Waals surface area contributed by atoms with Crippen LogP contribution in [0.2, 0.25) is 0 Å². The zero-order chi connectivity index (χ0) is 14.5. The number of piperidine rings is 1. The molecule has 2 rings (SSSR count). The van der Waals surface area contributed by atoms with Crippen molar-refractivity contribution in [3.8, 4) is 5.75 Å². The first-order valence-electron chi connectivity index (χ1n) is 7.36. The van der Waals surface area contributed by atoms with Gasteiger partial charge < -0.3 is 15.0 Å². The third-order valence-electron chi connectivity index (χ3n) is 3.70. The highest BCUT2D eigenvalue weighted by Crippen LogP contribution is 2.31. The Labute approximate surface area is 121 Å². The second-order valence-corrected chi connectivity index (χ2v) is 5.31. The Hall–Kier alpha value is -1.55. The summed E-state index contributed by atoms with van der Waals surface area (Å²) >= 11 is 0. The first-order valence-corrected chi connectivity index (χ1v) is 7.36. The number of rotatable bonds is 5. The number of anilines is 1. The Morgan fingerprint density at radius 3 is 2.95 bits per heavy atom. The maximum Gasteiger partial charge on any atom is 0.244 e. The van der Waals surface area contributed by atoms with Gasteiger partial charge in [-0.15, -0.1) is 0 Å². The number of carbonyl (C=O) groups excluding carboxylic acids is 1. The van der Waals surface area contributed by atoms with E-state index >= 15 is 0 Å². The molecule has 1 aliphatic rings. The van der Waals surface area contributed by atoms with Crippen LogP contribution in [0.5, 0.6) is 5.75 Å². The molecule has 1 amide bonds. The Morgan fingerprint density at radius 1 is 1.45 bits per heavy atom. The number of nitrogens with zero attached hydrogens (tertiary/aromatic N) is 1. The smallest absolute Gasteiger partial charge is 0.244 e. The molecule has 0 radical (unpaired) electrons. The minimum atomic E-state index is -0.0612. The number of carbonyl (C=O) groups is 1. The van der Waals surface area contributed by atoms with Crippen LogP contribution in [0.3, 0.4) is 0 Å². The van der Waals surface area contributed by atoms with Crippen molar-refractivity contribution in [1.29, 1.82) is 0 Å². The molecule has 1 heterocycles. The predicted molar refractivity (Wildman–Crippen MR) is 81.4 cm³/mol. The van der Waals surface area contributed by atoms with Gasteiger partial charge >= 0.3 is 0 Å². The number of aryl methyl sites for hydroxylation is 1. The summed E-state index contributed by atoms with van der Waals surface area (Å²) in [6, 6.07) is 5.90. The summed E-state index contributed by atoms with van der Waals surface area (Å²) in [4.78, 5) is 14.5. The number of ether oxygens (including phenoxy) is 1. The monoisotopic (exact) mass is 276 g/mol. The maximum absolute atomic E-state index is 12.6. The van der Waals surface area contributed by atoms with Crippen LogP contribution in [0.25, 0.3) is 0 Å². The summed E-state index contributed by atoms with van der Waals surface area (Å²) in [7, 11) is 1.65. The molecule has 0 aromatic heterocycles. The van der Waals surface area contributed by atoms with Gasteiger partial charge in [0.1, 0.15) is 5.75 Å². The van der Waals surface area contributed by atoms with E-state index in [1.165, 1.54) is 0 Å². The van der Waals surface area contributed by atoms with E-state index in [0.717, 1.165) is 49.4 Å². The van der Waals surface area contributed by atoms with Crippen LogP contribution >= 0.6 is 0 Å². The Kier molecular flexibility index (Phi) is 5.01. The van der Waals surface area contributed by atoms with Gasteiger partial charge in [0.15, 0.2) is 0 Å². The van der Waals surface area contributed by atoms with E-state index in [4.69, 9.17) is 4.74 Å². The molecule has 0 saturated carbocycles. The Balaban J connectivity index is 2.23. The van der Waals surface area contributed by atoms with E-state index in [2.05, 4.69) is 12.2 Å². The number of benzene rings is 1. The van der Waals surface area contributed by atoms with Gasteiger partial charge in [-0.1, -0.05) is 13.0 Å². The quantitative estimate of drug-likeness (QED) is 0.898. The van der Waals surface area contributed by atoms with Gasteiger partial charge in [0.05, 0.1) is 18.8 Å². The summed E-state index contributed by atoms with van der Waals surface area (Å²) in [5.41, 5.74) is 2.03. The van der Waals surface area contributed by atoms with E-state index in [-0.39, 0.29) is 11.9 Å². The van der Waals surface area contributed by atoms with Crippen molar-refractivity contribution in [3.63, 3.8) is 0 Å². The van der Waals surface area contributed by atoms with Crippen molar-refractivity contribution in [2.45, 2.75) is 39.2 Å². The predicted octanol–water partition coefficient (Wildman–Crippen LogP) is 2.50. The van der Waals surface area contributed by atoms with E-state index in [1.807, 2.05) is 30.0 Å². The molecular formula is C16H24N2O2.